The van der Waals surface area contributed by atoms with Gasteiger partial charge in [0, 0.05) is 13.6 Å². The number of rotatable bonds is 5. The Labute approximate surface area is 123 Å². The van der Waals surface area contributed by atoms with Gasteiger partial charge in [-0.05, 0) is 36.6 Å². The van der Waals surface area contributed by atoms with Crippen LogP contribution < -0.4 is 0 Å². The predicted molar refractivity (Wildman–Crippen MR) is 77.8 cm³/mol. The Balaban J connectivity index is 2.29. The molecule has 0 atom stereocenters. The summed E-state index contributed by atoms with van der Waals surface area (Å²) in [6, 6.07) is 0. The van der Waals surface area contributed by atoms with Crippen molar-refractivity contribution in [3.05, 3.63) is 15.8 Å². The molecular weight excluding hydrogens is 298 g/mol. The number of aromatic carboxylic acids is 1. The van der Waals surface area contributed by atoms with Gasteiger partial charge in [-0.1, -0.05) is 12.8 Å². The zero-order valence-electron chi connectivity index (χ0n) is 11.6. The number of nitrogens with zero attached hydrogens (tertiary/aromatic N) is 1. The fourth-order valence-electron chi connectivity index (χ4n) is 2.71. The maximum atomic E-state index is 12.6. The van der Waals surface area contributed by atoms with E-state index in [2.05, 4.69) is 0 Å². The van der Waals surface area contributed by atoms with Crippen LogP contribution in [-0.4, -0.2) is 37.4 Å². The van der Waals surface area contributed by atoms with Crippen LogP contribution in [0.25, 0.3) is 0 Å². The number of hydrogen-bond acceptors (Lipinski definition) is 4. The topological polar surface area (TPSA) is 74.7 Å². The van der Waals surface area contributed by atoms with Crippen LogP contribution in [0.1, 0.15) is 40.9 Å². The highest BCUT2D eigenvalue weighted by Crippen LogP contribution is 2.31. The minimum absolute atomic E-state index is 0.0458. The molecule has 1 aliphatic rings. The van der Waals surface area contributed by atoms with Gasteiger partial charge in [-0.25, -0.2) is 17.5 Å². The van der Waals surface area contributed by atoms with Crippen LogP contribution in [-0.2, 0) is 10.0 Å². The van der Waals surface area contributed by atoms with Crippen molar-refractivity contribution in [2.45, 2.75) is 37.5 Å². The summed E-state index contributed by atoms with van der Waals surface area (Å²) in [5, 5.41) is 10.7. The van der Waals surface area contributed by atoms with Gasteiger partial charge in [0.25, 0.3) is 0 Å². The van der Waals surface area contributed by atoms with Crippen molar-refractivity contribution in [1.82, 2.24) is 4.31 Å². The maximum absolute atomic E-state index is 12.6. The van der Waals surface area contributed by atoms with Crippen molar-refractivity contribution in [3.63, 3.8) is 0 Å². The molecule has 1 saturated carbocycles. The first-order valence-corrected chi connectivity index (χ1v) is 8.93. The molecule has 0 amide bonds. The fourth-order valence-corrected chi connectivity index (χ4v) is 5.53. The Morgan fingerprint density at radius 3 is 2.60 bits per heavy atom. The van der Waals surface area contributed by atoms with Crippen molar-refractivity contribution >= 4 is 27.3 Å². The molecule has 0 aromatic carbocycles. The third kappa shape index (κ3) is 2.89. The van der Waals surface area contributed by atoms with Crippen molar-refractivity contribution < 1.29 is 18.3 Å². The fraction of sp³-hybridized carbons (Fsp3) is 0.615. The van der Waals surface area contributed by atoms with Crippen LogP contribution in [0.3, 0.4) is 0 Å². The van der Waals surface area contributed by atoms with Gasteiger partial charge in [0.1, 0.15) is 9.77 Å². The quantitative estimate of drug-likeness (QED) is 0.905. The monoisotopic (exact) mass is 317 g/mol. The van der Waals surface area contributed by atoms with E-state index in [4.69, 9.17) is 5.11 Å². The van der Waals surface area contributed by atoms with Gasteiger partial charge in [0.2, 0.25) is 10.0 Å². The molecule has 1 aromatic rings. The van der Waals surface area contributed by atoms with E-state index < -0.39 is 16.0 Å². The Morgan fingerprint density at radius 1 is 1.45 bits per heavy atom. The van der Waals surface area contributed by atoms with Gasteiger partial charge >= 0.3 is 5.97 Å². The van der Waals surface area contributed by atoms with E-state index in [0.29, 0.717) is 18.0 Å². The highest BCUT2D eigenvalue weighted by Gasteiger charge is 2.31. The number of carboxylic acids is 1. The Morgan fingerprint density at radius 2 is 2.05 bits per heavy atom. The maximum Gasteiger partial charge on any atom is 0.347 e. The first kappa shape index (κ1) is 15.5. The van der Waals surface area contributed by atoms with Gasteiger partial charge in [-0.3, -0.25) is 0 Å². The lowest BCUT2D eigenvalue weighted by molar-refractivity contribution is 0.0698. The van der Waals surface area contributed by atoms with Gasteiger partial charge in [-0.15, -0.1) is 11.3 Å². The number of sulfonamides is 1. The molecule has 1 fully saturated rings. The molecule has 1 heterocycles. The number of hydrogen-bond donors (Lipinski definition) is 1. The van der Waals surface area contributed by atoms with Gasteiger partial charge in [0.15, 0.2) is 0 Å². The number of carbonyl (C=O) groups is 1. The van der Waals surface area contributed by atoms with E-state index >= 15 is 0 Å². The van der Waals surface area contributed by atoms with Gasteiger partial charge < -0.3 is 5.11 Å². The summed E-state index contributed by atoms with van der Waals surface area (Å²) in [6.45, 7) is 2.11. The zero-order chi connectivity index (χ0) is 14.9. The van der Waals surface area contributed by atoms with Crippen LogP contribution in [0.5, 0.6) is 0 Å². The third-order valence-corrected chi connectivity index (χ3v) is 7.00. The molecule has 2 rings (SSSR count). The first-order chi connectivity index (χ1) is 9.34. The molecule has 0 unspecified atom stereocenters. The summed E-state index contributed by atoms with van der Waals surface area (Å²) in [7, 11) is -2.19. The lowest BCUT2D eigenvalue weighted by Crippen LogP contribution is -2.32. The normalized spacial score (nSPS) is 16.9. The SMILES string of the molecule is Cc1csc(C(=O)O)c1S(=O)(=O)N(C)CC1CCCC1. The second-order valence-corrected chi connectivity index (χ2v) is 8.18. The van der Waals surface area contributed by atoms with Crippen LogP contribution in [0.2, 0.25) is 0 Å². The largest absolute Gasteiger partial charge is 0.477 e. The summed E-state index contributed by atoms with van der Waals surface area (Å²) in [4.78, 5) is 11.0. The van der Waals surface area contributed by atoms with Gasteiger partial charge in [0.05, 0.1) is 0 Å². The Bertz CT molecular complexity index is 600. The summed E-state index contributed by atoms with van der Waals surface area (Å²) >= 11 is 0.966. The molecule has 5 nitrogen and oxygen atoms in total. The standard InChI is InChI=1S/C13H19NO4S2/c1-9-8-19-11(13(15)16)12(9)20(17,18)14(2)7-10-5-3-4-6-10/h8,10H,3-7H2,1-2H3,(H,15,16). The molecule has 0 saturated heterocycles. The molecule has 1 aliphatic carbocycles. The minimum Gasteiger partial charge on any atom is -0.477 e. The lowest BCUT2D eigenvalue weighted by atomic mass is 10.1. The van der Waals surface area contributed by atoms with Crippen molar-refractivity contribution in [3.8, 4) is 0 Å². The smallest absolute Gasteiger partial charge is 0.347 e. The average molecular weight is 317 g/mol. The Kier molecular flexibility index (Phi) is 4.51. The molecule has 1 aromatic heterocycles. The van der Waals surface area contributed by atoms with Crippen molar-refractivity contribution in [1.29, 1.82) is 0 Å². The molecule has 0 aliphatic heterocycles. The molecule has 7 heteroatoms. The van der Waals surface area contributed by atoms with Crippen molar-refractivity contribution in [2.24, 2.45) is 5.92 Å². The average Bonchev–Trinajstić information content (AvgIpc) is 2.98. The van der Waals surface area contributed by atoms with Crippen LogP contribution in [0.15, 0.2) is 10.3 Å². The highest BCUT2D eigenvalue weighted by molar-refractivity contribution is 7.89. The molecule has 0 spiro atoms. The highest BCUT2D eigenvalue weighted by atomic mass is 32.2. The molecule has 20 heavy (non-hydrogen) atoms. The van der Waals surface area contributed by atoms with E-state index in [1.54, 1.807) is 12.3 Å². The van der Waals surface area contributed by atoms with Crippen LogP contribution in [0.4, 0.5) is 0 Å². The number of aryl methyl sites for hydroxylation is 1. The van der Waals surface area contributed by atoms with E-state index in [9.17, 15) is 13.2 Å². The lowest BCUT2D eigenvalue weighted by Gasteiger charge is -2.21. The minimum atomic E-state index is -3.73. The first-order valence-electron chi connectivity index (χ1n) is 6.61. The molecule has 0 bridgehead atoms. The summed E-state index contributed by atoms with van der Waals surface area (Å²) < 4.78 is 26.5. The van der Waals surface area contributed by atoms with E-state index in [1.165, 1.54) is 11.4 Å². The van der Waals surface area contributed by atoms with Crippen LogP contribution in [0, 0.1) is 12.8 Å². The summed E-state index contributed by atoms with van der Waals surface area (Å²) in [6.07, 6.45) is 4.40. The zero-order valence-corrected chi connectivity index (χ0v) is 13.3. The number of carboxylic acid groups (broad SMARTS) is 1. The van der Waals surface area contributed by atoms with Gasteiger partial charge in [-0.2, -0.15) is 0 Å². The second kappa shape index (κ2) is 5.83. The van der Waals surface area contributed by atoms with E-state index in [0.717, 1.165) is 37.0 Å². The molecule has 0 radical (unpaired) electrons. The van der Waals surface area contributed by atoms with E-state index in [-0.39, 0.29) is 9.77 Å². The van der Waals surface area contributed by atoms with Crippen molar-refractivity contribution in [2.75, 3.05) is 13.6 Å². The molecular formula is C13H19NO4S2. The summed E-state index contributed by atoms with van der Waals surface area (Å²) in [5.41, 5.74) is 0.505. The summed E-state index contributed by atoms with van der Waals surface area (Å²) in [5.74, 6) is -0.794. The second-order valence-electron chi connectivity index (χ2n) is 5.32. The molecule has 1 N–H and O–H groups in total. The molecule has 112 valence electrons. The Hall–Kier alpha value is -0.920. The van der Waals surface area contributed by atoms with E-state index in [1.807, 2.05) is 0 Å². The predicted octanol–water partition coefficient (Wildman–Crippen LogP) is 2.57. The number of thiophene rings is 1. The van der Waals surface area contributed by atoms with Crippen LogP contribution >= 0.6 is 11.3 Å². The third-order valence-electron chi connectivity index (χ3n) is 3.77.